The number of rotatable bonds is 8. The zero-order chi connectivity index (χ0) is 21.7. The van der Waals surface area contributed by atoms with Crippen LogP contribution < -0.4 is 14.8 Å². The van der Waals surface area contributed by atoms with Gasteiger partial charge in [0.05, 0.1) is 12.9 Å². The molecule has 0 aliphatic rings. The summed E-state index contributed by atoms with van der Waals surface area (Å²) in [6.07, 6.45) is -0.316. The number of aryl methyl sites for hydroxylation is 1. The van der Waals surface area contributed by atoms with Crippen LogP contribution >= 0.6 is 27.7 Å². The van der Waals surface area contributed by atoms with Gasteiger partial charge in [-0.15, -0.1) is 10.2 Å². The van der Waals surface area contributed by atoms with Crippen LogP contribution in [0.5, 0.6) is 11.5 Å². The van der Waals surface area contributed by atoms with Crippen LogP contribution in [0.3, 0.4) is 0 Å². The fourth-order valence-electron chi connectivity index (χ4n) is 2.79. The number of carbonyl (C=O) groups is 1. The highest BCUT2D eigenvalue weighted by molar-refractivity contribution is 9.10. The summed E-state index contributed by atoms with van der Waals surface area (Å²) < 4.78 is 14.0. The van der Waals surface area contributed by atoms with Gasteiger partial charge in [0.2, 0.25) is 5.91 Å². The largest absolute Gasteiger partial charge is 0.497 e. The lowest BCUT2D eigenvalue weighted by Crippen LogP contribution is -2.15. The maximum Gasteiger partial charge on any atom is 0.234 e. The van der Waals surface area contributed by atoms with Crippen molar-refractivity contribution in [3.8, 4) is 11.5 Å². The molecule has 3 rings (SSSR count). The van der Waals surface area contributed by atoms with Crippen LogP contribution in [0.25, 0.3) is 0 Å². The van der Waals surface area contributed by atoms with Crippen LogP contribution in [-0.2, 0) is 11.8 Å². The molecular weight excluding hydrogens is 468 g/mol. The molecule has 0 aliphatic heterocycles. The molecule has 0 saturated heterocycles. The second-order valence-corrected chi connectivity index (χ2v) is 8.44. The van der Waals surface area contributed by atoms with E-state index in [1.807, 2.05) is 67.9 Å². The number of amides is 1. The van der Waals surface area contributed by atoms with E-state index < -0.39 is 0 Å². The molecule has 1 N–H and O–H groups in total. The lowest BCUT2D eigenvalue weighted by atomic mass is 10.2. The molecule has 30 heavy (non-hydrogen) atoms. The molecule has 0 radical (unpaired) electrons. The summed E-state index contributed by atoms with van der Waals surface area (Å²) in [6.45, 7) is 3.88. The van der Waals surface area contributed by atoms with E-state index in [4.69, 9.17) is 9.47 Å². The van der Waals surface area contributed by atoms with E-state index in [1.54, 1.807) is 7.11 Å². The Hall–Kier alpha value is -2.52. The first-order chi connectivity index (χ1) is 14.4. The molecule has 1 heterocycles. The van der Waals surface area contributed by atoms with Crippen LogP contribution in [-0.4, -0.2) is 33.5 Å². The maximum absolute atomic E-state index is 12.3. The quantitative estimate of drug-likeness (QED) is 0.458. The van der Waals surface area contributed by atoms with Crippen molar-refractivity contribution in [1.29, 1.82) is 0 Å². The van der Waals surface area contributed by atoms with Crippen LogP contribution in [0.15, 0.2) is 52.1 Å². The second kappa shape index (κ2) is 9.99. The molecule has 3 aromatic rings. The van der Waals surface area contributed by atoms with E-state index >= 15 is 0 Å². The zero-order valence-electron chi connectivity index (χ0n) is 17.2. The average molecular weight is 491 g/mol. The predicted octanol–water partition coefficient (Wildman–Crippen LogP) is 4.77. The van der Waals surface area contributed by atoms with E-state index in [0.29, 0.717) is 16.7 Å². The van der Waals surface area contributed by atoms with Crippen LogP contribution in [0.4, 0.5) is 5.69 Å². The van der Waals surface area contributed by atoms with Gasteiger partial charge in [0.1, 0.15) is 11.5 Å². The summed E-state index contributed by atoms with van der Waals surface area (Å²) in [4.78, 5) is 12.3. The normalized spacial score (nSPS) is 11.8. The first kappa shape index (κ1) is 22.2. The number of halogens is 1. The van der Waals surface area contributed by atoms with Crippen molar-refractivity contribution in [3.05, 3.63) is 58.3 Å². The van der Waals surface area contributed by atoms with Gasteiger partial charge >= 0.3 is 0 Å². The van der Waals surface area contributed by atoms with E-state index in [1.165, 1.54) is 11.8 Å². The summed E-state index contributed by atoms with van der Waals surface area (Å²) in [5.41, 5.74) is 1.82. The van der Waals surface area contributed by atoms with Crippen LogP contribution in [0.1, 0.15) is 24.4 Å². The van der Waals surface area contributed by atoms with Gasteiger partial charge in [-0.1, -0.05) is 33.8 Å². The number of nitrogens with one attached hydrogen (secondary N) is 1. The number of hydrogen-bond acceptors (Lipinski definition) is 6. The van der Waals surface area contributed by atoms with Gasteiger partial charge in [0.15, 0.2) is 17.1 Å². The Morgan fingerprint density at radius 2 is 2.00 bits per heavy atom. The second-order valence-electron chi connectivity index (χ2n) is 6.64. The minimum atomic E-state index is -0.316. The van der Waals surface area contributed by atoms with Gasteiger partial charge < -0.3 is 19.4 Å². The third kappa shape index (κ3) is 5.54. The summed E-state index contributed by atoms with van der Waals surface area (Å²) in [6, 6.07) is 13.1. The van der Waals surface area contributed by atoms with Gasteiger partial charge in [-0.05, 0) is 49.7 Å². The summed E-state index contributed by atoms with van der Waals surface area (Å²) in [5.74, 6) is 2.20. The van der Waals surface area contributed by atoms with E-state index in [-0.39, 0.29) is 17.8 Å². The predicted molar refractivity (Wildman–Crippen MR) is 121 cm³/mol. The number of benzene rings is 2. The number of anilines is 1. The number of thioether (sulfide) groups is 1. The molecule has 1 unspecified atom stereocenters. The molecule has 1 atom stereocenters. The summed E-state index contributed by atoms with van der Waals surface area (Å²) in [5, 5.41) is 12.0. The number of methoxy groups -OCH3 is 1. The van der Waals surface area contributed by atoms with Crippen LogP contribution in [0, 0.1) is 6.92 Å². The van der Waals surface area contributed by atoms with Crippen molar-refractivity contribution < 1.29 is 14.3 Å². The Labute approximate surface area is 188 Å². The Balaban J connectivity index is 1.58. The Morgan fingerprint density at radius 1 is 1.23 bits per heavy atom. The monoisotopic (exact) mass is 490 g/mol. The maximum atomic E-state index is 12.3. The van der Waals surface area contributed by atoms with Gasteiger partial charge in [0.25, 0.3) is 0 Å². The van der Waals surface area contributed by atoms with Gasteiger partial charge in [-0.3, -0.25) is 4.79 Å². The van der Waals surface area contributed by atoms with Crippen molar-refractivity contribution in [1.82, 2.24) is 14.8 Å². The number of nitrogens with zero attached hydrogens (tertiary/aromatic N) is 3. The molecule has 0 saturated carbocycles. The molecule has 1 amide bonds. The zero-order valence-corrected chi connectivity index (χ0v) is 19.6. The van der Waals surface area contributed by atoms with Crippen molar-refractivity contribution in [3.63, 3.8) is 0 Å². The van der Waals surface area contributed by atoms with Gasteiger partial charge in [-0.25, -0.2) is 0 Å². The molecule has 0 bridgehead atoms. The SMILES string of the molecule is COc1cccc(OC(C)c2nnc(SCC(=O)Nc3ccc(Br)c(C)c3)n2C)c1. The lowest BCUT2D eigenvalue weighted by Gasteiger charge is -2.14. The molecule has 7 nitrogen and oxygen atoms in total. The number of hydrogen-bond donors (Lipinski definition) is 1. The van der Waals surface area contributed by atoms with Crippen molar-refractivity contribution in [2.75, 3.05) is 18.2 Å². The Kier molecular flexibility index (Phi) is 7.38. The van der Waals surface area contributed by atoms with Crippen molar-refractivity contribution in [2.24, 2.45) is 7.05 Å². The third-order valence-corrected chi connectivity index (χ3v) is 6.27. The van der Waals surface area contributed by atoms with Gasteiger partial charge in [0, 0.05) is 23.3 Å². The minimum Gasteiger partial charge on any atom is -0.497 e. The molecule has 0 spiro atoms. The fraction of sp³-hybridized carbons (Fsp3) is 0.286. The Bertz CT molecular complexity index is 1040. The third-order valence-electron chi connectivity index (χ3n) is 4.36. The number of carbonyl (C=O) groups excluding carboxylic acids is 1. The highest BCUT2D eigenvalue weighted by atomic mass is 79.9. The summed E-state index contributed by atoms with van der Waals surface area (Å²) in [7, 11) is 3.47. The van der Waals surface area contributed by atoms with Crippen molar-refractivity contribution >= 4 is 39.3 Å². The molecule has 1 aromatic heterocycles. The first-order valence-corrected chi connectivity index (χ1v) is 11.0. The van der Waals surface area contributed by atoms with E-state index in [9.17, 15) is 4.79 Å². The number of aromatic nitrogens is 3. The first-order valence-electron chi connectivity index (χ1n) is 9.26. The van der Waals surface area contributed by atoms with E-state index in [2.05, 4.69) is 31.4 Å². The smallest absolute Gasteiger partial charge is 0.234 e. The summed E-state index contributed by atoms with van der Waals surface area (Å²) >= 11 is 4.78. The number of ether oxygens (including phenoxy) is 2. The van der Waals surface area contributed by atoms with Crippen molar-refractivity contribution in [2.45, 2.75) is 25.1 Å². The molecule has 0 fully saturated rings. The van der Waals surface area contributed by atoms with Crippen LogP contribution in [0.2, 0.25) is 0 Å². The lowest BCUT2D eigenvalue weighted by molar-refractivity contribution is -0.113. The standard InChI is InChI=1S/C21H23BrN4O3S/c1-13-10-15(8-9-18(13)22)23-19(27)12-30-21-25-24-20(26(21)3)14(2)29-17-7-5-6-16(11-17)28-4/h5-11,14H,12H2,1-4H3,(H,23,27). The minimum absolute atomic E-state index is 0.105. The Morgan fingerprint density at radius 3 is 2.73 bits per heavy atom. The molecular formula is C21H23BrN4O3S. The molecule has 9 heteroatoms. The average Bonchev–Trinajstić information content (AvgIpc) is 3.10. The molecule has 158 valence electrons. The highest BCUT2D eigenvalue weighted by Crippen LogP contribution is 2.26. The highest BCUT2D eigenvalue weighted by Gasteiger charge is 2.18. The topological polar surface area (TPSA) is 78.3 Å². The van der Waals surface area contributed by atoms with E-state index in [0.717, 1.165) is 21.5 Å². The van der Waals surface area contributed by atoms with Gasteiger partial charge in [-0.2, -0.15) is 0 Å². The fourth-order valence-corrected chi connectivity index (χ4v) is 3.75. The molecule has 0 aliphatic carbocycles. The molecule has 2 aromatic carbocycles.